The van der Waals surface area contributed by atoms with Gasteiger partial charge in [0.05, 0.1) is 30.4 Å². The normalized spacial score (nSPS) is 13.5. The molecular weight excluding hydrogens is 436 g/mol. The minimum absolute atomic E-state index is 0.520. The van der Waals surface area contributed by atoms with Crippen molar-refractivity contribution in [3.8, 4) is 32.8 Å². The topological polar surface area (TPSA) is 62.1 Å². The maximum atomic E-state index is 5.56. The van der Waals surface area contributed by atoms with E-state index in [1.807, 2.05) is 18.2 Å². The fourth-order valence-corrected chi connectivity index (χ4v) is 5.85. The molecule has 9 heteroatoms. The summed E-state index contributed by atoms with van der Waals surface area (Å²) < 4.78 is 13.3. The highest BCUT2D eigenvalue weighted by Crippen LogP contribution is 2.43. The van der Waals surface area contributed by atoms with Crippen LogP contribution in [0, 0.1) is 0 Å². The molecule has 3 aromatic heterocycles. The van der Waals surface area contributed by atoms with Gasteiger partial charge in [0, 0.05) is 17.2 Å². The molecule has 0 radical (unpaired) electrons. The van der Waals surface area contributed by atoms with E-state index >= 15 is 0 Å². The Labute approximate surface area is 186 Å². The third-order valence-electron chi connectivity index (χ3n) is 4.85. The molecular formula is C21H20N4O2S3. The van der Waals surface area contributed by atoms with E-state index in [2.05, 4.69) is 37.7 Å². The van der Waals surface area contributed by atoms with E-state index in [9.17, 15) is 0 Å². The number of hydrogen-bond donors (Lipinski definition) is 0. The molecule has 4 aromatic rings. The molecule has 0 bridgehead atoms. The van der Waals surface area contributed by atoms with Crippen molar-refractivity contribution in [2.24, 2.45) is 0 Å². The average molecular weight is 457 g/mol. The lowest BCUT2D eigenvalue weighted by atomic mass is 10.2. The average Bonchev–Trinajstić information content (AvgIpc) is 3.17. The highest BCUT2D eigenvalue weighted by atomic mass is 32.2. The first kappa shape index (κ1) is 19.6. The van der Waals surface area contributed by atoms with Crippen LogP contribution in [0.4, 0.5) is 0 Å². The van der Waals surface area contributed by atoms with Gasteiger partial charge in [-0.05, 0) is 36.4 Å². The number of rotatable bonds is 8. The van der Waals surface area contributed by atoms with Crippen molar-refractivity contribution in [2.45, 2.75) is 29.8 Å². The first-order valence-electron chi connectivity index (χ1n) is 9.56. The maximum Gasteiger partial charge on any atom is 0.192 e. The Morgan fingerprint density at radius 1 is 1.10 bits per heavy atom. The first-order valence-corrected chi connectivity index (χ1v) is 12.3. The third kappa shape index (κ3) is 3.73. The van der Waals surface area contributed by atoms with Crippen LogP contribution in [-0.4, -0.2) is 34.0 Å². The van der Waals surface area contributed by atoms with E-state index in [1.165, 1.54) is 17.7 Å². The van der Waals surface area contributed by atoms with Gasteiger partial charge in [-0.1, -0.05) is 23.9 Å². The zero-order chi connectivity index (χ0) is 20.5. The summed E-state index contributed by atoms with van der Waals surface area (Å²) in [6.45, 7) is 0. The van der Waals surface area contributed by atoms with E-state index in [0.717, 1.165) is 33.0 Å². The van der Waals surface area contributed by atoms with E-state index in [1.54, 1.807) is 48.7 Å². The number of thioether (sulfide) groups is 1. The van der Waals surface area contributed by atoms with Gasteiger partial charge in [0.2, 0.25) is 0 Å². The number of hydrogen-bond acceptors (Lipinski definition) is 8. The quantitative estimate of drug-likeness (QED) is 0.314. The molecule has 30 heavy (non-hydrogen) atoms. The van der Waals surface area contributed by atoms with Crippen LogP contribution in [0.25, 0.3) is 21.3 Å². The van der Waals surface area contributed by atoms with Crippen LogP contribution in [0.3, 0.4) is 0 Å². The van der Waals surface area contributed by atoms with Crippen LogP contribution in [-0.2, 0) is 5.75 Å². The Kier molecular flexibility index (Phi) is 5.49. The number of para-hydroxylation sites is 1. The standard InChI is InChI=1S/C21H20N4O2S3/c1-26-16-6-3-5-15(18(16)27-2)20-22-13(11-29-20)12-30-21-24-23-19(17-7-4-10-28-17)25(21)14-8-9-14/h3-7,10-11,14H,8-9,12H2,1-2H3. The van der Waals surface area contributed by atoms with Crippen molar-refractivity contribution >= 4 is 34.4 Å². The van der Waals surface area contributed by atoms with Crippen LogP contribution in [0.15, 0.2) is 46.2 Å². The second kappa shape index (κ2) is 8.41. The van der Waals surface area contributed by atoms with Gasteiger partial charge in [-0.25, -0.2) is 4.98 Å². The van der Waals surface area contributed by atoms with Crippen molar-refractivity contribution < 1.29 is 9.47 Å². The smallest absolute Gasteiger partial charge is 0.192 e. The molecule has 1 aromatic carbocycles. The minimum Gasteiger partial charge on any atom is -0.493 e. The largest absolute Gasteiger partial charge is 0.493 e. The number of methoxy groups -OCH3 is 2. The zero-order valence-corrected chi connectivity index (χ0v) is 19.0. The summed E-state index contributed by atoms with van der Waals surface area (Å²) in [5.41, 5.74) is 1.96. The monoisotopic (exact) mass is 456 g/mol. The van der Waals surface area contributed by atoms with Crippen LogP contribution in [0.2, 0.25) is 0 Å². The van der Waals surface area contributed by atoms with Crippen molar-refractivity contribution in [3.63, 3.8) is 0 Å². The second-order valence-corrected chi connectivity index (χ2v) is 9.61. The summed E-state index contributed by atoms with van der Waals surface area (Å²) in [7, 11) is 3.30. The lowest BCUT2D eigenvalue weighted by molar-refractivity contribution is 0.356. The van der Waals surface area contributed by atoms with Gasteiger partial charge in [-0.3, -0.25) is 4.57 Å². The molecule has 0 saturated heterocycles. The van der Waals surface area contributed by atoms with Crippen LogP contribution >= 0.6 is 34.4 Å². The zero-order valence-electron chi connectivity index (χ0n) is 16.6. The molecule has 0 N–H and O–H groups in total. The Balaban J connectivity index is 1.36. The van der Waals surface area contributed by atoms with Gasteiger partial charge in [0.1, 0.15) is 5.01 Å². The second-order valence-electron chi connectivity index (χ2n) is 6.86. The van der Waals surface area contributed by atoms with Gasteiger partial charge < -0.3 is 9.47 Å². The Morgan fingerprint density at radius 2 is 2.00 bits per heavy atom. The van der Waals surface area contributed by atoms with E-state index in [-0.39, 0.29) is 0 Å². The number of thiazole rings is 1. The molecule has 0 aliphatic heterocycles. The molecule has 154 valence electrons. The van der Waals surface area contributed by atoms with Crippen LogP contribution in [0.1, 0.15) is 24.6 Å². The first-order chi connectivity index (χ1) is 14.8. The summed E-state index contributed by atoms with van der Waals surface area (Å²) in [4.78, 5) is 6.00. The van der Waals surface area contributed by atoms with Crippen LogP contribution < -0.4 is 9.47 Å². The molecule has 1 aliphatic rings. The molecule has 0 atom stereocenters. The SMILES string of the molecule is COc1cccc(-c2nc(CSc3nnc(-c4cccs4)n3C3CC3)cs2)c1OC. The van der Waals surface area contributed by atoms with Crippen LogP contribution in [0.5, 0.6) is 11.5 Å². The fourth-order valence-electron chi connectivity index (χ4n) is 3.30. The number of thiophene rings is 1. The number of aromatic nitrogens is 4. The predicted octanol–water partition coefficient (Wildman–Crippen LogP) is 5.77. The van der Waals surface area contributed by atoms with Gasteiger partial charge in [-0.15, -0.1) is 32.9 Å². The molecule has 1 saturated carbocycles. The van der Waals surface area contributed by atoms with E-state index < -0.39 is 0 Å². The molecule has 0 unspecified atom stereocenters. The van der Waals surface area contributed by atoms with E-state index in [4.69, 9.17) is 14.5 Å². The fraction of sp³-hybridized carbons (Fsp3) is 0.286. The van der Waals surface area contributed by atoms with Gasteiger partial charge in [-0.2, -0.15) is 0 Å². The molecule has 5 rings (SSSR count). The van der Waals surface area contributed by atoms with Crippen molar-refractivity contribution in [3.05, 3.63) is 46.8 Å². The number of benzene rings is 1. The minimum atomic E-state index is 0.520. The number of ether oxygens (including phenoxy) is 2. The highest BCUT2D eigenvalue weighted by molar-refractivity contribution is 7.98. The van der Waals surface area contributed by atoms with Crippen molar-refractivity contribution in [2.75, 3.05) is 14.2 Å². The lowest BCUT2D eigenvalue weighted by Crippen LogP contribution is -1.99. The van der Waals surface area contributed by atoms with Gasteiger partial charge >= 0.3 is 0 Å². The molecule has 0 amide bonds. The molecule has 1 aliphatic carbocycles. The number of nitrogens with zero attached hydrogens (tertiary/aromatic N) is 4. The van der Waals surface area contributed by atoms with Gasteiger partial charge in [0.25, 0.3) is 0 Å². The Morgan fingerprint density at radius 3 is 2.73 bits per heavy atom. The highest BCUT2D eigenvalue weighted by Gasteiger charge is 2.30. The summed E-state index contributed by atoms with van der Waals surface area (Å²) in [6, 6.07) is 10.5. The summed E-state index contributed by atoms with van der Waals surface area (Å²) in [6.07, 6.45) is 2.39. The molecule has 6 nitrogen and oxygen atoms in total. The maximum absolute atomic E-state index is 5.56. The molecule has 1 fully saturated rings. The summed E-state index contributed by atoms with van der Waals surface area (Å²) >= 11 is 5.01. The third-order valence-corrected chi connectivity index (χ3v) is 7.62. The Hall–Kier alpha value is -2.36. The Bertz CT molecular complexity index is 1150. The predicted molar refractivity (Wildman–Crippen MR) is 122 cm³/mol. The lowest BCUT2D eigenvalue weighted by Gasteiger charge is -2.10. The van der Waals surface area contributed by atoms with Crippen molar-refractivity contribution in [1.29, 1.82) is 0 Å². The molecule has 3 heterocycles. The van der Waals surface area contributed by atoms with Gasteiger partial charge in [0.15, 0.2) is 22.5 Å². The summed E-state index contributed by atoms with van der Waals surface area (Å²) in [5.74, 6) is 3.15. The van der Waals surface area contributed by atoms with Crippen molar-refractivity contribution in [1.82, 2.24) is 19.7 Å². The van der Waals surface area contributed by atoms with E-state index in [0.29, 0.717) is 17.5 Å². The summed E-state index contributed by atoms with van der Waals surface area (Å²) in [5, 5.41) is 15.0. The molecule has 0 spiro atoms.